The summed E-state index contributed by atoms with van der Waals surface area (Å²) in [5.41, 5.74) is 6.82. The van der Waals surface area contributed by atoms with Crippen LogP contribution in [0.2, 0.25) is 0 Å². The molecule has 0 fully saturated rings. The van der Waals surface area contributed by atoms with Gasteiger partial charge in [0, 0.05) is 18.8 Å². The molecular formula is C14H20N4O2. The smallest absolute Gasteiger partial charge is 0.183 e. The summed E-state index contributed by atoms with van der Waals surface area (Å²) >= 11 is 0. The maximum Gasteiger partial charge on any atom is 0.183 e. The van der Waals surface area contributed by atoms with E-state index in [-0.39, 0.29) is 18.4 Å². The lowest BCUT2D eigenvalue weighted by Gasteiger charge is -2.14. The summed E-state index contributed by atoms with van der Waals surface area (Å²) in [4.78, 5) is 12.0. The average Bonchev–Trinajstić information content (AvgIpc) is 2.38. The van der Waals surface area contributed by atoms with Crippen LogP contribution >= 0.6 is 0 Å². The summed E-state index contributed by atoms with van der Waals surface area (Å²) in [7, 11) is 1.66. The monoisotopic (exact) mass is 276 g/mol. The first-order valence-electron chi connectivity index (χ1n) is 6.27. The zero-order valence-electron chi connectivity index (χ0n) is 12.0. The van der Waals surface area contributed by atoms with Gasteiger partial charge < -0.3 is 15.9 Å². The van der Waals surface area contributed by atoms with Crippen molar-refractivity contribution in [2.24, 2.45) is 5.10 Å². The molecule has 108 valence electrons. The number of ether oxygens (including phenoxy) is 1. The van der Waals surface area contributed by atoms with Gasteiger partial charge in [-0.25, -0.2) is 0 Å². The Morgan fingerprint density at radius 1 is 1.55 bits per heavy atom. The van der Waals surface area contributed by atoms with Crippen LogP contribution in [0.1, 0.15) is 24.2 Å². The molecule has 1 aromatic carbocycles. The standard InChI is InChI=1S/C14H20N4O2/c1-10(2)20-14-5-4-11(8-12(14)16)13(19)9-18(3)17-7-6-15/h4-8,10,15H,9,16H2,1-3H3/b15-6?,17-7-. The maximum atomic E-state index is 12.0. The molecule has 6 heteroatoms. The summed E-state index contributed by atoms with van der Waals surface area (Å²) in [6, 6.07) is 4.99. The number of carbonyl (C=O) groups is 1. The summed E-state index contributed by atoms with van der Waals surface area (Å²) in [6.07, 6.45) is 2.39. The van der Waals surface area contributed by atoms with E-state index in [1.807, 2.05) is 13.8 Å². The van der Waals surface area contributed by atoms with Gasteiger partial charge in [0.1, 0.15) is 5.75 Å². The second-order valence-electron chi connectivity index (χ2n) is 4.59. The van der Waals surface area contributed by atoms with Crippen LogP contribution in [0.25, 0.3) is 0 Å². The van der Waals surface area contributed by atoms with Crippen molar-refractivity contribution in [2.75, 3.05) is 19.3 Å². The zero-order valence-corrected chi connectivity index (χ0v) is 12.0. The van der Waals surface area contributed by atoms with E-state index in [4.69, 9.17) is 15.9 Å². The highest BCUT2D eigenvalue weighted by atomic mass is 16.5. The first-order chi connectivity index (χ1) is 9.43. The maximum absolute atomic E-state index is 12.0. The van der Waals surface area contributed by atoms with Crippen molar-refractivity contribution in [3.63, 3.8) is 0 Å². The molecule has 0 radical (unpaired) electrons. The molecular weight excluding hydrogens is 256 g/mol. The first-order valence-corrected chi connectivity index (χ1v) is 6.27. The number of rotatable bonds is 7. The van der Waals surface area contributed by atoms with Gasteiger partial charge in [-0.3, -0.25) is 9.80 Å². The molecule has 0 amide bonds. The van der Waals surface area contributed by atoms with Gasteiger partial charge in [-0.05, 0) is 32.0 Å². The van der Waals surface area contributed by atoms with Gasteiger partial charge in [0.25, 0.3) is 0 Å². The van der Waals surface area contributed by atoms with Crippen LogP contribution in [0.3, 0.4) is 0 Å². The van der Waals surface area contributed by atoms with Crippen molar-refractivity contribution >= 4 is 23.9 Å². The molecule has 1 rings (SSSR count). The van der Waals surface area contributed by atoms with E-state index in [1.165, 1.54) is 11.2 Å². The lowest BCUT2D eigenvalue weighted by atomic mass is 10.1. The normalized spacial score (nSPS) is 10.8. The minimum Gasteiger partial charge on any atom is -0.489 e. The Morgan fingerprint density at radius 2 is 2.25 bits per heavy atom. The third-order valence-electron chi connectivity index (χ3n) is 2.41. The first kappa shape index (κ1) is 15.7. The van der Waals surface area contributed by atoms with E-state index in [9.17, 15) is 4.79 Å². The fourth-order valence-corrected chi connectivity index (χ4v) is 1.57. The minimum absolute atomic E-state index is 0.0282. The number of Topliss-reactive ketones (excluding diaryl/α,β-unsaturated/α-hetero) is 1. The molecule has 0 aliphatic heterocycles. The van der Waals surface area contributed by atoms with E-state index in [0.717, 1.165) is 6.21 Å². The van der Waals surface area contributed by atoms with E-state index in [2.05, 4.69) is 5.10 Å². The van der Waals surface area contributed by atoms with Gasteiger partial charge in [-0.2, -0.15) is 5.10 Å². The number of hydrogen-bond acceptors (Lipinski definition) is 6. The lowest BCUT2D eigenvalue weighted by molar-refractivity contribution is 0.0948. The summed E-state index contributed by atoms with van der Waals surface area (Å²) < 4.78 is 5.52. The van der Waals surface area contributed by atoms with Crippen LogP contribution in [-0.2, 0) is 0 Å². The molecule has 0 atom stereocenters. The van der Waals surface area contributed by atoms with Gasteiger partial charge in [0.05, 0.1) is 24.6 Å². The molecule has 0 aliphatic rings. The number of anilines is 1. The van der Waals surface area contributed by atoms with Gasteiger partial charge >= 0.3 is 0 Å². The molecule has 3 N–H and O–H groups in total. The minimum atomic E-state index is -0.0996. The van der Waals surface area contributed by atoms with E-state index >= 15 is 0 Å². The predicted molar refractivity (Wildman–Crippen MR) is 80.9 cm³/mol. The highest BCUT2D eigenvalue weighted by Crippen LogP contribution is 2.23. The van der Waals surface area contributed by atoms with E-state index in [1.54, 1.807) is 25.2 Å². The van der Waals surface area contributed by atoms with Crippen LogP contribution in [0.5, 0.6) is 5.75 Å². The number of nitrogens with one attached hydrogen (secondary N) is 1. The van der Waals surface area contributed by atoms with Crippen molar-refractivity contribution in [2.45, 2.75) is 20.0 Å². The molecule has 6 nitrogen and oxygen atoms in total. The van der Waals surface area contributed by atoms with Crippen molar-refractivity contribution in [3.05, 3.63) is 23.8 Å². The van der Waals surface area contributed by atoms with Crippen LogP contribution in [0, 0.1) is 5.41 Å². The molecule has 0 unspecified atom stereocenters. The van der Waals surface area contributed by atoms with Crippen LogP contribution in [0.4, 0.5) is 5.69 Å². The van der Waals surface area contributed by atoms with Crippen molar-refractivity contribution in [1.82, 2.24) is 5.01 Å². The molecule has 0 heterocycles. The predicted octanol–water partition coefficient (Wildman–Crippen LogP) is 1.81. The van der Waals surface area contributed by atoms with Gasteiger partial charge in [0.15, 0.2) is 5.78 Å². The number of hydrogen-bond donors (Lipinski definition) is 2. The molecule has 0 spiro atoms. The largest absolute Gasteiger partial charge is 0.489 e. The zero-order chi connectivity index (χ0) is 15.1. The number of nitrogens with two attached hydrogens (primary N) is 1. The molecule has 0 saturated heterocycles. The lowest BCUT2D eigenvalue weighted by Crippen LogP contribution is -2.21. The topological polar surface area (TPSA) is 91.8 Å². The molecule has 0 saturated carbocycles. The van der Waals surface area contributed by atoms with Gasteiger partial charge in [-0.15, -0.1) is 0 Å². The molecule has 0 bridgehead atoms. The quantitative estimate of drug-likeness (QED) is 0.344. The van der Waals surface area contributed by atoms with Gasteiger partial charge in [-0.1, -0.05) is 0 Å². The van der Waals surface area contributed by atoms with Crippen LogP contribution in [-0.4, -0.2) is 42.9 Å². The molecule has 1 aromatic rings. The van der Waals surface area contributed by atoms with Crippen LogP contribution in [0.15, 0.2) is 23.3 Å². The third kappa shape index (κ3) is 4.72. The van der Waals surface area contributed by atoms with Crippen molar-refractivity contribution in [1.29, 1.82) is 5.41 Å². The van der Waals surface area contributed by atoms with Crippen molar-refractivity contribution in [3.8, 4) is 5.75 Å². The summed E-state index contributed by atoms with van der Waals surface area (Å²) in [5, 5.41) is 12.2. The number of nitrogens with zero attached hydrogens (tertiary/aromatic N) is 2. The second-order valence-corrected chi connectivity index (χ2v) is 4.59. The third-order valence-corrected chi connectivity index (χ3v) is 2.41. The molecule has 20 heavy (non-hydrogen) atoms. The fraction of sp³-hybridized carbons (Fsp3) is 0.357. The Balaban J connectivity index is 2.77. The highest BCUT2D eigenvalue weighted by molar-refractivity contribution is 6.14. The van der Waals surface area contributed by atoms with Crippen molar-refractivity contribution < 1.29 is 9.53 Å². The Morgan fingerprint density at radius 3 is 2.80 bits per heavy atom. The molecule has 0 aromatic heterocycles. The second kappa shape index (κ2) is 7.28. The summed E-state index contributed by atoms with van der Waals surface area (Å²) in [6.45, 7) is 3.94. The van der Waals surface area contributed by atoms with Crippen LogP contribution < -0.4 is 10.5 Å². The number of nitrogen functional groups attached to an aromatic ring is 1. The average molecular weight is 276 g/mol. The summed E-state index contributed by atoms with van der Waals surface area (Å²) in [5.74, 6) is 0.476. The van der Waals surface area contributed by atoms with E-state index < -0.39 is 0 Å². The van der Waals surface area contributed by atoms with E-state index in [0.29, 0.717) is 17.0 Å². The number of benzene rings is 1. The highest BCUT2D eigenvalue weighted by Gasteiger charge is 2.11. The number of hydrazone groups is 1. The Hall–Kier alpha value is -2.37. The van der Waals surface area contributed by atoms with Gasteiger partial charge in [0.2, 0.25) is 0 Å². The Labute approximate surface area is 118 Å². The number of carbonyl (C=O) groups excluding carboxylic acids is 1. The fourth-order valence-electron chi connectivity index (χ4n) is 1.57. The number of ketones is 1. The Bertz CT molecular complexity index is 512. The number of likely N-dealkylation sites (N-methyl/N-ethyl adjacent to an activating group) is 1. The molecule has 0 aliphatic carbocycles. The SMILES string of the molecule is CC(C)Oc1ccc(C(=O)CN(C)/N=C\C=N)cc1N. The Kier molecular flexibility index (Phi) is 5.71.